The molecule has 1 amide bonds. The number of halogens is 2. The van der Waals surface area contributed by atoms with E-state index in [1.807, 2.05) is 6.92 Å². The van der Waals surface area contributed by atoms with Crippen LogP contribution in [0.5, 0.6) is 0 Å². The second-order valence-corrected chi connectivity index (χ2v) is 3.69. The van der Waals surface area contributed by atoms with Crippen molar-refractivity contribution in [3.8, 4) is 0 Å². The Bertz CT molecular complexity index is 376. The molecule has 0 fully saturated rings. The van der Waals surface area contributed by atoms with Gasteiger partial charge in [0.05, 0.1) is 0 Å². The molecule has 0 radical (unpaired) electrons. The van der Waals surface area contributed by atoms with Gasteiger partial charge in [-0.15, -0.1) is 0 Å². The van der Waals surface area contributed by atoms with Crippen molar-refractivity contribution in [2.45, 2.75) is 13.3 Å². The molecule has 0 atom stereocenters. The van der Waals surface area contributed by atoms with Crippen LogP contribution in [0.15, 0.2) is 18.2 Å². The molecular weight excluding hydrogens is 226 g/mol. The first-order valence-corrected chi connectivity index (χ1v) is 5.54. The van der Waals surface area contributed by atoms with Crippen molar-refractivity contribution in [2.75, 3.05) is 19.6 Å². The summed E-state index contributed by atoms with van der Waals surface area (Å²) in [6.45, 7) is 3.26. The summed E-state index contributed by atoms with van der Waals surface area (Å²) in [5.41, 5.74) is 5.39. The van der Waals surface area contributed by atoms with Gasteiger partial charge < -0.3 is 10.6 Å². The highest BCUT2D eigenvalue weighted by Gasteiger charge is 2.15. The molecule has 3 nitrogen and oxygen atoms in total. The van der Waals surface area contributed by atoms with Gasteiger partial charge in [0, 0.05) is 24.7 Å². The third kappa shape index (κ3) is 3.78. The van der Waals surface area contributed by atoms with E-state index >= 15 is 0 Å². The Labute approximate surface area is 99.2 Å². The molecule has 5 heteroatoms. The lowest BCUT2D eigenvalue weighted by Crippen LogP contribution is -2.32. The van der Waals surface area contributed by atoms with E-state index in [1.165, 1.54) is 4.90 Å². The topological polar surface area (TPSA) is 46.3 Å². The summed E-state index contributed by atoms with van der Waals surface area (Å²) >= 11 is 0. The molecule has 0 spiro atoms. The number of nitrogens with zero attached hydrogens (tertiary/aromatic N) is 1. The number of rotatable bonds is 5. The van der Waals surface area contributed by atoms with E-state index in [0.717, 1.165) is 18.2 Å². The molecule has 0 saturated heterocycles. The molecule has 0 aliphatic rings. The molecule has 1 aromatic carbocycles. The molecule has 1 rings (SSSR count). The van der Waals surface area contributed by atoms with Gasteiger partial charge in [-0.1, -0.05) is 0 Å². The monoisotopic (exact) mass is 242 g/mol. The molecule has 0 aromatic heterocycles. The van der Waals surface area contributed by atoms with Crippen LogP contribution >= 0.6 is 0 Å². The standard InChI is InChI=1S/C12H16F2N2O/c1-2-16(5-3-4-15)12(17)9-6-10(13)8-11(14)7-9/h6-8H,2-5,15H2,1H3. The van der Waals surface area contributed by atoms with Crippen LogP contribution in [0.1, 0.15) is 23.7 Å². The van der Waals surface area contributed by atoms with E-state index in [1.54, 1.807) is 0 Å². The lowest BCUT2D eigenvalue weighted by atomic mass is 10.2. The maximum absolute atomic E-state index is 13.0. The molecule has 0 unspecified atom stereocenters. The zero-order valence-electron chi connectivity index (χ0n) is 9.75. The van der Waals surface area contributed by atoms with Crippen LogP contribution in [0.4, 0.5) is 8.78 Å². The molecule has 1 aromatic rings. The summed E-state index contributed by atoms with van der Waals surface area (Å²) in [6.07, 6.45) is 0.664. The number of hydrogen-bond donors (Lipinski definition) is 1. The molecule has 0 aliphatic heterocycles. The van der Waals surface area contributed by atoms with Gasteiger partial charge >= 0.3 is 0 Å². The van der Waals surface area contributed by atoms with Gasteiger partial charge in [-0.25, -0.2) is 8.78 Å². The fraction of sp³-hybridized carbons (Fsp3) is 0.417. The molecule has 0 bridgehead atoms. The molecule has 2 N–H and O–H groups in total. The van der Waals surface area contributed by atoms with Crippen LogP contribution in [-0.4, -0.2) is 30.4 Å². The average Bonchev–Trinajstić information content (AvgIpc) is 2.28. The fourth-order valence-electron chi connectivity index (χ4n) is 1.55. The van der Waals surface area contributed by atoms with Crippen LogP contribution in [0.2, 0.25) is 0 Å². The molecular formula is C12H16F2N2O. The van der Waals surface area contributed by atoms with Gasteiger partial charge in [0.25, 0.3) is 5.91 Å². The van der Waals surface area contributed by atoms with Gasteiger partial charge in [0.1, 0.15) is 11.6 Å². The molecule has 0 aliphatic carbocycles. The van der Waals surface area contributed by atoms with Gasteiger partial charge in [-0.3, -0.25) is 4.79 Å². The minimum absolute atomic E-state index is 0.0290. The van der Waals surface area contributed by atoms with Crippen molar-refractivity contribution in [3.63, 3.8) is 0 Å². The summed E-state index contributed by atoms with van der Waals surface area (Å²) in [4.78, 5) is 13.5. The summed E-state index contributed by atoms with van der Waals surface area (Å²) < 4.78 is 26.0. The van der Waals surface area contributed by atoms with Crippen LogP contribution in [0.25, 0.3) is 0 Å². The average molecular weight is 242 g/mol. The van der Waals surface area contributed by atoms with E-state index < -0.39 is 11.6 Å². The molecule has 94 valence electrons. The van der Waals surface area contributed by atoms with E-state index in [4.69, 9.17) is 5.73 Å². The largest absolute Gasteiger partial charge is 0.339 e. The maximum atomic E-state index is 13.0. The van der Waals surface area contributed by atoms with Gasteiger partial charge in [-0.2, -0.15) is 0 Å². The highest BCUT2D eigenvalue weighted by Crippen LogP contribution is 2.11. The Kier molecular flexibility index (Phi) is 5.03. The first-order valence-electron chi connectivity index (χ1n) is 5.54. The predicted molar refractivity (Wildman–Crippen MR) is 61.6 cm³/mol. The normalized spacial score (nSPS) is 10.4. The van der Waals surface area contributed by atoms with Crippen molar-refractivity contribution < 1.29 is 13.6 Å². The van der Waals surface area contributed by atoms with E-state index in [0.29, 0.717) is 26.1 Å². The van der Waals surface area contributed by atoms with Crippen molar-refractivity contribution >= 4 is 5.91 Å². The molecule has 17 heavy (non-hydrogen) atoms. The number of amides is 1. The van der Waals surface area contributed by atoms with Crippen molar-refractivity contribution in [2.24, 2.45) is 5.73 Å². The Hall–Kier alpha value is -1.49. The molecule has 0 heterocycles. The van der Waals surface area contributed by atoms with Crippen molar-refractivity contribution in [1.29, 1.82) is 0 Å². The minimum atomic E-state index is -0.747. The number of hydrogen-bond acceptors (Lipinski definition) is 2. The lowest BCUT2D eigenvalue weighted by Gasteiger charge is -2.20. The third-order valence-corrected chi connectivity index (χ3v) is 2.41. The number of benzene rings is 1. The predicted octanol–water partition coefficient (Wildman–Crippen LogP) is 1.78. The number of carbonyl (C=O) groups excluding carboxylic acids is 1. The summed E-state index contributed by atoms with van der Waals surface area (Å²) in [7, 11) is 0. The zero-order chi connectivity index (χ0) is 12.8. The van der Waals surface area contributed by atoms with Crippen LogP contribution < -0.4 is 5.73 Å². The van der Waals surface area contributed by atoms with Crippen LogP contribution in [0, 0.1) is 11.6 Å². The third-order valence-electron chi connectivity index (χ3n) is 2.41. The smallest absolute Gasteiger partial charge is 0.254 e. The summed E-state index contributed by atoms with van der Waals surface area (Å²) in [6, 6.07) is 2.82. The quantitative estimate of drug-likeness (QED) is 0.855. The Morgan fingerprint density at radius 1 is 1.29 bits per heavy atom. The number of carbonyl (C=O) groups is 1. The minimum Gasteiger partial charge on any atom is -0.339 e. The first-order chi connectivity index (χ1) is 8.08. The zero-order valence-corrected chi connectivity index (χ0v) is 9.75. The highest BCUT2D eigenvalue weighted by atomic mass is 19.1. The highest BCUT2D eigenvalue weighted by molar-refractivity contribution is 5.94. The fourth-order valence-corrected chi connectivity index (χ4v) is 1.55. The van der Waals surface area contributed by atoms with E-state index in [-0.39, 0.29) is 11.5 Å². The Morgan fingerprint density at radius 2 is 1.88 bits per heavy atom. The SMILES string of the molecule is CCN(CCCN)C(=O)c1cc(F)cc(F)c1. The molecule has 0 saturated carbocycles. The van der Waals surface area contributed by atoms with Gasteiger partial charge in [-0.05, 0) is 32.0 Å². The maximum Gasteiger partial charge on any atom is 0.254 e. The second-order valence-electron chi connectivity index (χ2n) is 3.69. The van der Waals surface area contributed by atoms with Crippen molar-refractivity contribution in [3.05, 3.63) is 35.4 Å². The van der Waals surface area contributed by atoms with E-state index in [9.17, 15) is 13.6 Å². The van der Waals surface area contributed by atoms with Crippen LogP contribution in [0.3, 0.4) is 0 Å². The summed E-state index contributed by atoms with van der Waals surface area (Å²) in [5, 5.41) is 0. The first kappa shape index (κ1) is 13.6. The van der Waals surface area contributed by atoms with E-state index in [2.05, 4.69) is 0 Å². The summed E-state index contributed by atoms with van der Waals surface area (Å²) in [5.74, 6) is -1.87. The van der Waals surface area contributed by atoms with Crippen LogP contribution in [-0.2, 0) is 0 Å². The van der Waals surface area contributed by atoms with Gasteiger partial charge in [0.15, 0.2) is 0 Å². The van der Waals surface area contributed by atoms with Crippen molar-refractivity contribution in [1.82, 2.24) is 4.90 Å². The lowest BCUT2D eigenvalue weighted by molar-refractivity contribution is 0.0762. The Morgan fingerprint density at radius 3 is 2.35 bits per heavy atom. The second kappa shape index (κ2) is 6.30. The Balaban J connectivity index is 2.85. The number of nitrogens with two attached hydrogens (primary N) is 1. The van der Waals surface area contributed by atoms with Gasteiger partial charge in [0.2, 0.25) is 0 Å².